The molecule has 1 atom stereocenters. The van der Waals surface area contributed by atoms with E-state index < -0.39 is 0 Å². The van der Waals surface area contributed by atoms with Crippen molar-refractivity contribution in [3.63, 3.8) is 0 Å². The van der Waals surface area contributed by atoms with Gasteiger partial charge in [-0.3, -0.25) is 0 Å². The molecule has 1 unspecified atom stereocenters. The molecule has 0 aliphatic rings. The SMILES string of the molecule is CCCCCCCCNCC(CCCCC)NC. The van der Waals surface area contributed by atoms with Gasteiger partial charge in [-0.1, -0.05) is 65.2 Å². The van der Waals surface area contributed by atoms with E-state index in [1.54, 1.807) is 0 Å². The van der Waals surface area contributed by atoms with Crippen molar-refractivity contribution in [1.29, 1.82) is 0 Å². The van der Waals surface area contributed by atoms with E-state index in [9.17, 15) is 0 Å². The Labute approximate surface area is 115 Å². The number of hydrogen-bond donors (Lipinski definition) is 2. The first kappa shape index (κ1) is 17.9. The molecule has 0 bridgehead atoms. The Morgan fingerprint density at radius 1 is 0.778 bits per heavy atom. The number of likely N-dealkylation sites (N-methyl/N-ethyl adjacent to an activating group) is 1. The second kappa shape index (κ2) is 15.0. The fourth-order valence-corrected chi connectivity index (χ4v) is 2.30. The topological polar surface area (TPSA) is 24.1 Å². The fourth-order valence-electron chi connectivity index (χ4n) is 2.30. The maximum atomic E-state index is 3.59. The van der Waals surface area contributed by atoms with Crippen molar-refractivity contribution in [2.45, 2.75) is 84.1 Å². The van der Waals surface area contributed by atoms with Crippen molar-refractivity contribution >= 4 is 0 Å². The zero-order chi connectivity index (χ0) is 13.5. The van der Waals surface area contributed by atoms with E-state index in [0.29, 0.717) is 6.04 Å². The van der Waals surface area contributed by atoms with Crippen LogP contribution in [0.2, 0.25) is 0 Å². The summed E-state index contributed by atoms with van der Waals surface area (Å²) in [5.74, 6) is 0. The van der Waals surface area contributed by atoms with Crippen LogP contribution < -0.4 is 10.6 Å². The normalized spacial score (nSPS) is 12.8. The predicted molar refractivity (Wildman–Crippen MR) is 83.2 cm³/mol. The minimum atomic E-state index is 0.664. The van der Waals surface area contributed by atoms with E-state index >= 15 is 0 Å². The minimum Gasteiger partial charge on any atom is -0.316 e. The summed E-state index contributed by atoms with van der Waals surface area (Å²) in [6, 6.07) is 0.664. The van der Waals surface area contributed by atoms with Gasteiger partial charge in [0.1, 0.15) is 0 Å². The number of rotatable bonds is 14. The highest BCUT2D eigenvalue weighted by atomic mass is 15.0. The third-order valence-corrected chi connectivity index (χ3v) is 3.66. The van der Waals surface area contributed by atoms with Gasteiger partial charge in [0.15, 0.2) is 0 Å². The van der Waals surface area contributed by atoms with Crippen molar-refractivity contribution in [3.8, 4) is 0 Å². The first-order valence-electron chi connectivity index (χ1n) is 8.23. The van der Waals surface area contributed by atoms with Crippen LogP contribution in [-0.4, -0.2) is 26.2 Å². The molecule has 0 heterocycles. The molecule has 110 valence electrons. The van der Waals surface area contributed by atoms with Crippen LogP contribution in [0, 0.1) is 0 Å². The van der Waals surface area contributed by atoms with Crippen LogP contribution in [0.3, 0.4) is 0 Å². The number of nitrogens with one attached hydrogen (secondary N) is 2. The van der Waals surface area contributed by atoms with Crippen LogP contribution in [0.1, 0.15) is 78.1 Å². The van der Waals surface area contributed by atoms with E-state index in [1.807, 2.05) is 0 Å². The highest BCUT2D eigenvalue weighted by molar-refractivity contribution is 4.67. The minimum absolute atomic E-state index is 0.664. The molecule has 0 fully saturated rings. The predicted octanol–water partition coefficient (Wildman–Crippen LogP) is 4.10. The molecule has 0 radical (unpaired) electrons. The molecule has 0 rings (SSSR count). The maximum absolute atomic E-state index is 3.59. The summed E-state index contributed by atoms with van der Waals surface area (Å²) in [5, 5.41) is 7.01. The third kappa shape index (κ3) is 12.4. The van der Waals surface area contributed by atoms with Gasteiger partial charge in [0.25, 0.3) is 0 Å². The highest BCUT2D eigenvalue weighted by Gasteiger charge is 2.04. The smallest absolute Gasteiger partial charge is 0.0189 e. The van der Waals surface area contributed by atoms with Crippen molar-refractivity contribution in [2.75, 3.05) is 20.1 Å². The zero-order valence-electron chi connectivity index (χ0n) is 13.1. The summed E-state index contributed by atoms with van der Waals surface area (Å²) < 4.78 is 0. The Morgan fingerprint density at radius 3 is 2.06 bits per heavy atom. The van der Waals surface area contributed by atoms with Gasteiger partial charge in [-0.15, -0.1) is 0 Å². The molecule has 0 aromatic carbocycles. The van der Waals surface area contributed by atoms with Crippen LogP contribution in [0.5, 0.6) is 0 Å². The fraction of sp³-hybridized carbons (Fsp3) is 1.00. The first-order valence-corrected chi connectivity index (χ1v) is 8.23. The molecule has 0 amide bonds. The summed E-state index contributed by atoms with van der Waals surface area (Å²) in [7, 11) is 2.09. The molecule has 2 heteroatoms. The molecule has 2 nitrogen and oxygen atoms in total. The van der Waals surface area contributed by atoms with E-state index in [4.69, 9.17) is 0 Å². The monoisotopic (exact) mass is 256 g/mol. The lowest BCUT2D eigenvalue weighted by Crippen LogP contribution is -2.36. The molecular formula is C16H36N2. The molecule has 2 N–H and O–H groups in total. The molecule has 0 saturated heterocycles. The Kier molecular flexibility index (Phi) is 14.9. The van der Waals surface area contributed by atoms with Gasteiger partial charge in [0.2, 0.25) is 0 Å². The summed E-state index contributed by atoms with van der Waals surface area (Å²) in [4.78, 5) is 0. The second-order valence-corrected chi connectivity index (χ2v) is 5.45. The molecule has 0 aromatic heterocycles. The van der Waals surface area contributed by atoms with E-state index in [0.717, 1.165) is 6.54 Å². The zero-order valence-corrected chi connectivity index (χ0v) is 13.1. The van der Waals surface area contributed by atoms with Crippen LogP contribution in [0.25, 0.3) is 0 Å². The molecular weight excluding hydrogens is 220 g/mol. The van der Waals surface area contributed by atoms with Gasteiger partial charge in [-0.2, -0.15) is 0 Å². The van der Waals surface area contributed by atoms with Crippen molar-refractivity contribution in [1.82, 2.24) is 10.6 Å². The van der Waals surface area contributed by atoms with E-state index in [2.05, 4.69) is 31.5 Å². The molecule has 18 heavy (non-hydrogen) atoms. The Bertz CT molecular complexity index is 148. The summed E-state index contributed by atoms with van der Waals surface area (Å²) in [6.07, 6.45) is 13.7. The summed E-state index contributed by atoms with van der Waals surface area (Å²) in [5.41, 5.74) is 0. The van der Waals surface area contributed by atoms with Gasteiger partial charge in [0.05, 0.1) is 0 Å². The molecule has 0 aliphatic heterocycles. The maximum Gasteiger partial charge on any atom is 0.0189 e. The van der Waals surface area contributed by atoms with Gasteiger partial charge in [0, 0.05) is 12.6 Å². The Morgan fingerprint density at radius 2 is 1.39 bits per heavy atom. The summed E-state index contributed by atoms with van der Waals surface area (Å²) in [6.45, 7) is 6.87. The number of unbranched alkanes of at least 4 members (excludes halogenated alkanes) is 7. The quantitative estimate of drug-likeness (QED) is 0.457. The first-order chi connectivity index (χ1) is 8.85. The standard InChI is InChI=1S/C16H36N2/c1-4-6-8-9-10-12-14-18-15-16(17-3)13-11-7-5-2/h16-18H,4-15H2,1-3H3. The van der Waals surface area contributed by atoms with E-state index in [-0.39, 0.29) is 0 Å². The molecule has 0 spiro atoms. The Hall–Kier alpha value is -0.0800. The van der Waals surface area contributed by atoms with Crippen molar-refractivity contribution in [3.05, 3.63) is 0 Å². The van der Waals surface area contributed by atoms with Crippen molar-refractivity contribution < 1.29 is 0 Å². The third-order valence-electron chi connectivity index (χ3n) is 3.66. The van der Waals surface area contributed by atoms with Crippen LogP contribution >= 0.6 is 0 Å². The second-order valence-electron chi connectivity index (χ2n) is 5.45. The molecule has 0 aliphatic carbocycles. The average molecular weight is 256 g/mol. The van der Waals surface area contributed by atoms with Crippen LogP contribution in [0.15, 0.2) is 0 Å². The lowest BCUT2D eigenvalue weighted by atomic mass is 10.1. The van der Waals surface area contributed by atoms with E-state index in [1.165, 1.54) is 70.8 Å². The van der Waals surface area contributed by atoms with Gasteiger partial charge < -0.3 is 10.6 Å². The lowest BCUT2D eigenvalue weighted by molar-refractivity contribution is 0.453. The van der Waals surface area contributed by atoms with Gasteiger partial charge in [-0.05, 0) is 26.4 Å². The average Bonchev–Trinajstić information content (AvgIpc) is 2.40. The van der Waals surface area contributed by atoms with Crippen molar-refractivity contribution in [2.24, 2.45) is 0 Å². The lowest BCUT2D eigenvalue weighted by Gasteiger charge is -2.16. The largest absolute Gasteiger partial charge is 0.316 e. The highest BCUT2D eigenvalue weighted by Crippen LogP contribution is 2.05. The van der Waals surface area contributed by atoms with Gasteiger partial charge >= 0.3 is 0 Å². The Balaban J connectivity index is 3.23. The van der Waals surface area contributed by atoms with Gasteiger partial charge in [-0.25, -0.2) is 0 Å². The number of hydrogen-bond acceptors (Lipinski definition) is 2. The molecule has 0 saturated carbocycles. The van der Waals surface area contributed by atoms with Crippen LogP contribution in [0.4, 0.5) is 0 Å². The summed E-state index contributed by atoms with van der Waals surface area (Å²) >= 11 is 0. The van der Waals surface area contributed by atoms with Crippen LogP contribution in [-0.2, 0) is 0 Å². The molecule has 0 aromatic rings.